The number of aryl methyl sites for hydroxylation is 2. The number of carboxylic acids is 1. The second-order valence-corrected chi connectivity index (χ2v) is 7.64. The van der Waals surface area contributed by atoms with E-state index < -0.39 is 12.1 Å². The Bertz CT molecular complexity index is 1410. The van der Waals surface area contributed by atoms with Gasteiger partial charge in [0.2, 0.25) is 11.7 Å². The number of alkyl carbamates (subject to hydrolysis) is 1. The van der Waals surface area contributed by atoms with Crippen LogP contribution in [0.3, 0.4) is 0 Å². The van der Waals surface area contributed by atoms with Crippen molar-refractivity contribution in [3.05, 3.63) is 65.4 Å². The largest absolute Gasteiger partial charge is 0.481 e. The van der Waals surface area contributed by atoms with Gasteiger partial charge >= 0.3 is 12.1 Å². The van der Waals surface area contributed by atoms with Crippen LogP contribution in [0.2, 0.25) is 0 Å². The van der Waals surface area contributed by atoms with Crippen LogP contribution in [0.1, 0.15) is 33.9 Å². The van der Waals surface area contributed by atoms with Crippen molar-refractivity contribution < 1.29 is 28.8 Å². The molecule has 0 aliphatic rings. The average molecular weight is 478 g/mol. The van der Waals surface area contributed by atoms with Gasteiger partial charge in [-0.1, -0.05) is 17.3 Å². The second kappa shape index (κ2) is 10.0. The number of hydrogen-bond acceptors (Lipinski definition) is 8. The van der Waals surface area contributed by atoms with Gasteiger partial charge in [-0.05, 0) is 42.7 Å². The van der Waals surface area contributed by atoms with Gasteiger partial charge in [-0.3, -0.25) is 14.0 Å². The fourth-order valence-electron chi connectivity index (χ4n) is 3.34. The van der Waals surface area contributed by atoms with Crippen LogP contribution >= 0.6 is 0 Å². The van der Waals surface area contributed by atoms with Crippen LogP contribution in [0.15, 0.2) is 47.2 Å². The van der Waals surface area contributed by atoms with Crippen molar-refractivity contribution in [2.45, 2.75) is 26.3 Å². The Morgan fingerprint density at radius 2 is 2.03 bits per heavy atom. The summed E-state index contributed by atoms with van der Waals surface area (Å²) >= 11 is 0. The summed E-state index contributed by atoms with van der Waals surface area (Å²) in [7, 11) is 1.25. The molecule has 12 nitrogen and oxygen atoms in total. The maximum absolute atomic E-state index is 13.0. The lowest BCUT2D eigenvalue weighted by Crippen LogP contribution is -2.22. The molecule has 0 fully saturated rings. The molecule has 0 aliphatic heterocycles. The normalized spacial score (nSPS) is 10.8. The predicted octanol–water partition coefficient (Wildman–Crippen LogP) is 2.82. The molecule has 0 saturated heterocycles. The molecule has 35 heavy (non-hydrogen) atoms. The highest BCUT2D eigenvalue weighted by molar-refractivity contribution is 6.04. The molecule has 12 heteroatoms. The van der Waals surface area contributed by atoms with Crippen LogP contribution in [0.4, 0.5) is 10.5 Å². The lowest BCUT2D eigenvalue weighted by atomic mass is 10.1. The third kappa shape index (κ3) is 5.43. The number of anilines is 1. The van der Waals surface area contributed by atoms with Crippen molar-refractivity contribution in [2.24, 2.45) is 0 Å². The zero-order valence-corrected chi connectivity index (χ0v) is 18.9. The molecular formula is C23H22N6O6. The molecule has 0 bridgehead atoms. The number of nitrogens with zero attached hydrogens (tertiary/aromatic N) is 4. The molecule has 0 radical (unpaired) electrons. The standard InChI is InChI=1S/C23H22N6O6/c1-13-3-5-15(21-27-19(35-28-21)12-25-23(33)34-2)10-16(13)26-22(32)17-11-24-18-9-14(4-6-20(30)31)7-8-29(17)18/h3,5,7-11H,4,6,12H2,1-2H3,(H,25,33)(H,26,32)(H,30,31). The highest BCUT2D eigenvalue weighted by atomic mass is 16.5. The van der Waals surface area contributed by atoms with Gasteiger partial charge in [0.1, 0.15) is 17.9 Å². The summed E-state index contributed by atoms with van der Waals surface area (Å²) in [6, 6.07) is 8.86. The first kappa shape index (κ1) is 23.4. The first-order valence-electron chi connectivity index (χ1n) is 10.6. The number of carboxylic acid groups (broad SMARTS) is 1. The van der Waals surface area contributed by atoms with Crippen LogP contribution < -0.4 is 10.6 Å². The first-order chi connectivity index (χ1) is 16.8. The number of nitrogens with one attached hydrogen (secondary N) is 2. The van der Waals surface area contributed by atoms with E-state index in [-0.39, 0.29) is 24.8 Å². The molecular weight excluding hydrogens is 456 g/mol. The van der Waals surface area contributed by atoms with Crippen LogP contribution in [-0.4, -0.2) is 49.7 Å². The Morgan fingerprint density at radius 1 is 1.20 bits per heavy atom. The van der Waals surface area contributed by atoms with E-state index in [9.17, 15) is 14.4 Å². The molecule has 0 saturated carbocycles. The number of aliphatic carboxylic acids is 1. The molecule has 0 spiro atoms. The summed E-state index contributed by atoms with van der Waals surface area (Å²) in [6.07, 6.45) is 2.94. The molecule has 2 amide bonds. The van der Waals surface area contributed by atoms with Crippen molar-refractivity contribution in [2.75, 3.05) is 12.4 Å². The molecule has 1 aromatic carbocycles. The number of methoxy groups -OCH3 is 1. The number of ether oxygens (including phenoxy) is 1. The molecule has 0 atom stereocenters. The lowest BCUT2D eigenvalue weighted by Gasteiger charge is -2.10. The van der Waals surface area contributed by atoms with Crippen molar-refractivity contribution >= 4 is 29.3 Å². The van der Waals surface area contributed by atoms with Crippen molar-refractivity contribution in [3.63, 3.8) is 0 Å². The number of carbonyl (C=O) groups is 3. The SMILES string of the molecule is COC(=O)NCc1nc(-c2ccc(C)c(NC(=O)c3cnc4cc(CCC(=O)O)ccn34)c2)no1. The molecule has 3 N–H and O–H groups in total. The fourth-order valence-corrected chi connectivity index (χ4v) is 3.34. The Morgan fingerprint density at radius 3 is 2.80 bits per heavy atom. The van der Waals surface area contributed by atoms with E-state index in [2.05, 4.69) is 30.5 Å². The summed E-state index contributed by atoms with van der Waals surface area (Å²) < 4.78 is 11.3. The number of aromatic nitrogens is 4. The Kier molecular flexibility index (Phi) is 6.71. The second-order valence-electron chi connectivity index (χ2n) is 7.64. The molecule has 0 aliphatic carbocycles. The number of imidazole rings is 1. The minimum atomic E-state index is -0.874. The van der Waals surface area contributed by atoms with Crippen LogP contribution in [0.5, 0.6) is 0 Å². The molecule has 3 aromatic heterocycles. The monoisotopic (exact) mass is 478 g/mol. The summed E-state index contributed by atoms with van der Waals surface area (Å²) in [5, 5.41) is 18.1. The zero-order valence-electron chi connectivity index (χ0n) is 18.9. The average Bonchev–Trinajstić information content (AvgIpc) is 3.49. The molecule has 3 heterocycles. The zero-order chi connectivity index (χ0) is 24.9. The van der Waals surface area contributed by atoms with Gasteiger partial charge in [0.05, 0.1) is 13.3 Å². The van der Waals surface area contributed by atoms with Crippen LogP contribution in [0, 0.1) is 6.92 Å². The smallest absolute Gasteiger partial charge is 0.407 e. The number of rotatable bonds is 8. The number of carbonyl (C=O) groups excluding carboxylic acids is 2. The summed E-state index contributed by atoms with van der Waals surface area (Å²) in [4.78, 5) is 43.6. The molecule has 180 valence electrons. The minimum Gasteiger partial charge on any atom is -0.481 e. The van der Waals surface area contributed by atoms with E-state index in [1.165, 1.54) is 13.3 Å². The van der Waals surface area contributed by atoms with Gasteiger partial charge in [-0.25, -0.2) is 9.78 Å². The van der Waals surface area contributed by atoms with Crippen LogP contribution in [0.25, 0.3) is 17.0 Å². The van der Waals surface area contributed by atoms with E-state index in [1.54, 1.807) is 34.9 Å². The highest BCUT2D eigenvalue weighted by Gasteiger charge is 2.16. The van der Waals surface area contributed by atoms with Gasteiger partial charge < -0.3 is 25.0 Å². The van der Waals surface area contributed by atoms with Crippen molar-refractivity contribution in [3.8, 4) is 11.4 Å². The van der Waals surface area contributed by atoms with E-state index >= 15 is 0 Å². The maximum Gasteiger partial charge on any atom is 0.407 e. The topological polar surface area (TPSA) is 161 Å². The van der Waals surface area contributed by atoms with Gasteiger partial charge in [0, 0.05) is 23.9 Å². The van der Waals surface area contributed by atoms with E-state index in [1.807, 2.05) is 13.0 Å². The lowest BCUT2D eigenvalue weighted by molar-refractivity contribution is -0.136. The van der Waals surface area contributed by atoms with Crippen LogP contribution in [-0.2, 0) is 22.5 Å². The third-order valence-corrected chi connectivity index (χ3v) is 5.22. The summed E-state index contributed by atoms with van der Waals surface area (Å²) in [6.45, 7) is 1.87. The number of hydrogen-bond donors (Lipinski definition) is 3. The van der Waals surface area contributed by atoms with E-state index in [0.29, 0.717) is 34.8 Å². The number of amides is 2. The molecule has 4 aromatic rings. The first-order valence-corrected chi connectivity index (χ1v) is 10.6. The minimum absolute atomic E-state index is 0.0153. The van der Waals surface area contributed by atoms with E-state index in [4.69, 9.17) is 9.63 Å². The third-order valence-electron chi connectivity index (χ3n) is 5.22. The summed E-state index contributed by atoms with van der Waals surface area (Å²) in [5.74, 6) is -0.747. The van der Waals surface area contributed by atoms with Gasteiger partial charge in [-0.2, -0.15) is 4.98 Å². The fraction of sp³-hybridized carbons (Fsp3) is 0.217. The Labute approximate surface area is 198 Å². The van der Waals surface area contributed by atoms with Crippen molar-refractivity contribution in [1.82, 2.24) is 24.8 Å². The number of benzene rings is 1. The number of fused-ring (bicyclic) bond motifs is 1. The Balaban J connectivity index is 1.50. The van der Waals surface area contributed by atoms with Crippen molar-refractivity contribution in [1.29, 1.82) is 0 Å². The quantitative estimate of drug-likeness (QED) is 0.346. The predicted molar refractivity (Wildman–Crippen MR) is 123 cm³/mol. The maximum atomic E-state index is 13.0. The highest BCUT2D eigenvalue weighted by Crippen LogP contribution is 2.24. The van der Waals surface area contributed by atoms with Gasteiger partial charge in [0.15, 0.2) is 0 Å². The van der Waals surface area contributed by atoms with E-state index in [0.717, 1.165) is 11.1 Å². The Hall–Kier alpha value is -4.74. The molecule has 0 unspecified atom stereocenters. The van der Waals surface area contributed by atoms with Gasteiger partial charge in [0.25, 0.3) is 5.91 Å². The van der Waals surface area contributed by atoms with Gasteiger partial charge in [-0.15, -0.1) is 0 Å². The molecule has 4 rings (SSSR count). The summed E-state index contributed by atoms with van der Waals surface area (Å²) in [5.41, 5.74) is 3.68. The number of pyridine rings is 1.